The second-order valence-electron chi connectivity index (χ2n) is 6.95. The van der Waals surface area contributed by atoms with Crippen molar-refractivity contribution in [3.05, 3.63) is 36.2 Å². The maximum atomic E-state index is 13.1. The van der Waals surface area contributed by atoms with E-state index in [1.165, 1.54) is 17.1 Å². The van der Waals surface area contributed by atoms with Gasteiger partial charge in [-0.05, 0) is 37.5 Å². The first kappa shape index (κ1) is 17.8. The Morgan fingerprint density at radius 3 is 2.89 bits per heavy atom. The van der Waals surface area contributed by atoms with E-state index in [0.717, 1.165) is 32.2 Å². The van der Waals surface area contributed by atoms with Gasteiger partial charge in [-0.25, -0.2) is 8.42 Å². The topological polar surface area (TPSA) is 93.5 Å². The molecule has 1 N–H and O–H groups in total. The second-order valence-corrected chi connectivity index (χ2v) is 8.63. The predicted octanol–water partition coefficient (Wildman–Crippen LogP) is 2.00. The number of carbonyl (C=O) groups excluding carboxylic acids is 1. The summed E-state index contributed by atoms with van der Waals surface area (Å²) in [6.45, 7) is 1.27. The van der Waals surface area contributed by atoms with Crippen LogP contribution in [0.15, 0.2) is 35.5 Å². The van der Waals surface area contributed by atoms with Crippen molar-refractivity contribution in [1.29, 1.82) is 0 Å². The van der Waals surface area contributed by atoms with Gasteiger partial charge in [-0.3, -0.25) is 14.2 Å². The van der Waals surface area contributed by atoms with E-state index in [1.807, 2.05) is 4.90 Å². The molecule has 1 atom stereocenters. The highest BCUT2D eigenvalue weighted by Crippen LogP contribution is 2.31. The number of benzene rings is 1. The first-order valence-corrected chi connectivity index (χ1v) is 10.5. The van der Waals surface area contributed by atoms with E-state index < -0.39 is 10.0 Å². The van der Waals surface area contributed by atoms with E-state index in [2.05, 4.69) is 9.82 Å². The van der Waals surface area contributed by atoms with E-state index >= 15 is 0 Å². The Morgan fingerprint density at radius 1 is 1.26 bits per heavy atom. The molecular weight excluding hydrogens is 368 g/mol. The molecule has 1 aromatic heterocycles. The van der Waals surface area contributed by atoms with Crippen LogP contribution in [0, 0.1) is 0 Å². The van der Waals surface area contributed by atoms with Gasteiger partial charge in [0, 0.05) is 37.9 Å². The molecular formula is C18H22N4O4S. The van der Waals surface area contributed by atoms with Gasteiger partial charge in [0.1, 0.15) is 10.6 Å². The van der Waals surface area contributed by atoms with Gasteiger partial charge in [0.15, 0.2) is 0 Å². The number of anilines is 1. The molecule has 2 aliphatic heterocycles. The fourth-order valence-corrected chi connectivity index (χ4v) is 4.70. The smallest absolute Gasteiger partial charge is 0.265 e. The number of sulfonamides is 1. The Labute approximate surface area is 158 Å². The van der Waals surface area contributed by atoms with Crippen LogP contribution < -0.4 is 9.46 Å². The molecule has 1 aromatic carbocycles. The first-order chi connectivity index (χ1) is 12.9. The summed E-state index contributed by atoms with van der Waals surface area (Å²) in [5, 5.41) is 3.89. The molecule has 4 rings (SSSR count). The lowest BCUT2D eigenvalue weighted by molar-refractivity contribution is 0.0548. The van der Waals surface area contributed by atoms with Crippen molar-refractivity contribution in [3.8, 4) is 5.75 Å². The minimum Gasteiger partial charge on any atom is -0.493 e. The van der Waals surface area contributed by atoms with Crippen LogP contribution in [0.5, 0.6) is 5.75 Å². The van der Waals surface area contributed by atoms with Crippen LogP contribution in [0.4, 0.5) is 5.69 Å². The SMILES string of the molecule is Cn1cc(S(=O)(=O)Nc2ccc3c(c2)C(=O)N2CCCC[C@H]2CCO3)cn1. The molecule has 0 radical (unpaired) electrons. The molecule has 3 heterocycles. The summed E-state index contributed by atoms with van der Waals surface area (Å²) in [6.07, 6.45) is 6.61. The van der Waals surface area contributed by atoms with Crippen molar-refractivity contribution in [3.63, 3.8) is 0 Å². The Balaban J connectivity index is 1.65. The average molecular weight is 390 g/mol. The number of hydrogen-bond acceptors (Lipinski definition) is 5. The average Bonchev–Trinajstić information content (AvgIpc) is 3.08. The lowest BCUT2D eigenvalue weighted by atomic mass is 9.97. The zero-order valence-corrected chi connectivity index (χ0v) is 15.9. The van der Waals surface area contributed by atoms with Gasteiger partial charge in [0.25, 0.3) is 15.9 Å². The summed E-state index contributed by atoms with van der Waals surface area (Å²) in [5.74, 6) is 0.394. The van der Waals surface area contributed by atoms with Gasteiger partial charge >= 0.3 is 0 Å². The fourth-order valence-electron chi connectivity index (χ4n) is 3.67. The highest BCUT2D eigenvalue weighted by Gasteiger charge is 2.31. The molecule has 0 unspecified atom stereocenters. The molecule has 2 aliphatic rings. The number of hydrogen-bond donors (Lipinski definition) is 1. The molecule has 2 aromatic rings. The molecule has 9 heteroatoms. The molecule has 0 saturated carbocycles. The highest BCUT2D eigenvalue weighted by molar-refractivity contribution is 7.92. The van der Waals surface area contributed by atoms with E-state index in [4.69, 9.17) is 4.74 Å². The van der Waals surface area contributed by atoms with Crippen molar-refractivity contribution >= 4 is 21.6 Å². The second kappa shape index (κ2) is 6.88. The van der Waals surface area contributed by atoms with Crippen LogP contribution in [0.1, 0.15) is 36.0 Å². The summed E-state index contributed by atoms with van der Waals surface area (Å²) in [7, 11) is -2.13. The minimum atomic E-state index is -3.78. The first-order valence-electron chi connectivity index (χ1n) is 9.03. The Bertz CT molecular complexity index is 969. The zero-order chi connectivity index (χ0) is 19.0. The highest BCUT2D eigenvalue weighted by atomic mass is 32.2. The predicted molar refractivity (Wildman–Crippen MR) is 99.2 cm³/mol. The maximum absolute atomic E-state index is 13.1. The molecule has 1 amide bonds. The molecule has 0 aliphatic carbocycles. The molecule has 8 nitrogen and oxygen atoms in total. The normalized spacial score (nSPS) is 20.1. The number of piperidine rings is 1. The summed E-state index contributed by atoms with van der Waals surface area (Å²) < 4.78 is 34.8. The quantitative estimate of drug-likeness (QED) is 0.865. The van der Waals surface area contributed by atoms with Crippen molar-refractivity contribution < 1.29 is 17.9 Å². The third-order valence-corrected chi connectivity index (χ3v) is 6.39. The van der Waals surface area contributed by atoms with E-state index in [9.17, 15) is 13.2 Å². The lowest BCUT2D eigenvalue weighted by Gasteiger charge is -2.37. The van der Waals surface area contributed by atoms with Crippen molar-refractivity contribution in [2.24, 2.45) is 7.05 Å². The molecule has 1 fully saturated rings. The van der Waals surface area contributed by atoms with Crippen LogP contribution in [0.3, 0.4) is 0 Å². The maximum Gasteiger partial charge on any atom is 0.265 e. The number of nitrogens with zero attached hydrogens (tertiary/aromatic N) is 3. The van der Waals surface area contributed by atoms with Crippen molar-refractivity contribution in [1.82, 2.24) is 14.7 Å². The minimum absolute atomic E-state index is 0.0652. The Hall–Kier alpha value is -2.55. The van der Waals surface area contributed by atoms with E-state index in [-0.39, 0.29) is 16.8 Å². The molecule has 1 saturated heterocycles. The van der Waals surface area contributed by atoms with Crippen molar-refractivity contribution in [2.45, 2.75) is 36.6 Å². The molecule has 0 bridgehead atoms. The largest absolute Gasteiger partial charge is 0.493 e. The number of fused-ring (bicyclic) bond motifs is 2. The van der Waals surface area contributed by atoms with Gasteiger partial charge in [0.2, 0.25) is 0 Å². The van der Waals surface area contributed by atoms with Gasteiger partial charge in [-0.1, -0.05) is 0 Å². The Kier molecular flexibility index (Phi) is 4.55. The number of nitrogens with one attached hydrogen (secondary N) is 1. The molecule has 144 valence electrons. The third-order valence-electron chi connectivity index (χ3n) is 5.05. The van der Waals surface area contributed by atoms with Gasteiger partial charge in [0.05, 0.1) is 18.4 Å². The zero-order valence-electron chi connectivity index (χ0n) is 15.1. The van der Waals surface area contributed by atoms with Gasteiger partial charge in [-0.15, -0.1) is 0 Å². The molecule has 27 heavy (non-hydrogen) atoms. The van der Waals surface area contributed by atoms with E-state index in [0.29, 0.717) is 23.6 Å². The Morgan fingerprint density at radius 2 is 2.11 bits per heavy atom. The van der Waals surface area contributed by atoms with Crippen LogP contribution in [0.2, 0.25) is 0 Å². The van der Waals surface area contributed by atoms with Crippen LogP contribution in [-0.4, -0.2) is 48.2 Å². The summed E-state index contributed by atoms with van der Waals surface area (Å²) >= 11 is 0. The number of aryl methyl sites for hydroxylation is 1. The van der Waals surface area contributed by atoms with Crippen LogP contribution >= 0.6 is 0 Å². The summed E-state index contributed by atoms with van der Waals surface area (Å²) in [4.78, 5) is 15.0. The summed E-state index contributed by atoms with van der Waals surface area (Å²) in [5.41, 5.74) is 0.719. The monoisotopic (exact) mass is 390 g/mol. The number of amides is 1. The molecule has 0 spiro atoms. The van der Waals surface area contributed by atoms with Gasteiger partial charge < -0.3 is 9.64 Å². The third kappa shape index (κ3) is 3.51. The lowest BCUT2D eigenvalue weighted by Crippen LogP contribution is -2.45. The fraction of sp³-hybridized carbons (Fsp3) is 0.444. The van der Waals surface area contributed by atoms with Gasteiger partial charge in [-0.2, -0.15) is 5.10 Å². The summed E-state index contributed by atoms with van der Waals surface area (Å²) in [6, 6.07) is 5.01. The van der Waals surface area contributed by atoms with Crippen LogP contribution in [0.25, 0.3) is 0 Å². The number of rotatable bonds is 3. The number of ether oxygens (including phenoxy) is 1. The standard InChI is InChI=1S/C18H22N4O4S/c1-21-12-15(11-19-21)27(24,25)20-13-5-6-17-16(10-13)18(23)22-8-3-2-4-14(22)7-9-26-17/h5-6,10-12,14,20H,2-4,7-9H2,1H3/t14-/m0/s1. The van der Waals surface area contributed by atoms with Crippen molar-refractivity contribution in [2.75, 3.05) is 17.9 Å². The van der Waals surface area contributed by atoms with E-state index in [1.54, 1.807) is 25.2 Å². The van der Waals surface area contributed by atoms with Crippen LogP contribution in [-0.2, 0) is 17.1 Å². The number of carbonyl (C=O) groups is 1. The number of aromatic nitrogens is 2.